The average molecular weight is 389 g/mol. The number of phosphoric ester groups is 1. The SMILES string of the molecule is C#COP(=O)(OCC(CC)CCCC)OCC(CC)CCCC.N=C=O. The summed E-state index contributed by atoms with van der Waals surface area (Å²) in [5.41, 5.74) is 0. The first-order chi connectivity index (χ1) is 12.5. The van der Waals surface area contributed by atoms with Crippen LogP contribution in [0.2, 0.25) is 0 Å². The summed E-state index contributed by atoms with van der Waals surface area (Å²) in [5.74, 6) is 0.714. The van der Waals surface area contributed by atoms with E-state index in [-0.39, 0.29) is 0 Å². The maximum Gasteiger partial charge on any atom is 0.538 e. The molecule has 0 fully saturated rings. The van der Waals surface area contributed by atoms with Crippen LogP contribution in [0.1, 0.15) is 79.1 Å². The van der Waals surface area contributed by atoms with Gasteiger partial charge in [0.2, 0.25) is 6.08 Å². The summed E-state index contributed by atoms with van der Waals surface area (Å²) in [6.45, 7) is 9.25. The first-order valence-corrected chi connectivity index (χ1v) is 11.0. The Labute approximate surface area is 159 Å². The van der Waals surface area contributed by atoms with Crippen LogP contribution in [-0.4, -0.2) is 19.3 Å². The van der Waals surface area contributed by atoms with E-state index < -0.39 is 7.82 Å². The molecular formula is C19H36NO5P. The van der Waals surface area contributed by atoms with Crippen LogP contribution in [0.15, 0.2) is 0 Å². The molecule has 7 heteroatoms. The quantitative estimate of drug-likeness (QED) is 0.159. The third kappa shape index (κ3) is 15.2. The molecule has 2 atom stereocenters. The highest BCUT2D eigenvalue weighted by atomic mass is 31.2. The van der Waals surface area contributed by atoms with Gasteiger partial charge in [0.25, 0.3) is 0 Å². The minimum Gasteiger partial charge on any atom is -0.350 e. The van der Waals surface area contributed by atoms with Crippen molar-refractivity contribution in [1.29, 1.82) is 5.41 Å². The number of isocyanates is 1. The van der Waals surface area contributed by atoms with E-state index in [0.717, 1.165) is 57.4 Å². The number of nitrogens with one attached hydrogen (secondary N) is 1. The number of rotatable bonds is 15. The van der Waals surface area contributed by atoms with Gasteiger partial charge in [0, 0.05) is 0 Å². The van der Waals surface area contributed by atoms with Crippen LogP contribution >= 0.6 is 7.82 Å². The second-order valence-electron chi connectivity index (χ2n) is 6.18. The van der Waals surface area contributed by atoms with Gasteiger partial charge in [-0.3, -0.25) is 9.05 Å². The summed E-state index contributed by atoms with van der Waals surface area (Å²) >= 11 is 0. The number of carbonyl (C=O) groups excluding carboxylic acids is 1. The molecule has 26 heavy (non-hydrogen) atoms. The Bertz CT molecular complexity index is 420. The molecule has 0 radical (unpaired) electrons. The van der Waals surface area contributed by atoms with Crippen molar-refractivity contribution >= 4 is 13.9 Å². The van der Waals surface area contributed by atoms with Crippen molar-refractivity contribution in [2.45, 2.75) is 79.1 Å². The number of phosphoric acid groups is 1. The minimum absolute atomic E-state index is 0.357. The van der Waals surface area contributed by atoms with Crippen LogP contribution in [0.3, 0.4) is 0 Å². The Morgan fingerprint density at radius 1 is 0.962 bits per heavy atom. The fraction of sp³-hybridized carbons (Fsp3) is 0.842. The maximum absolute atomic E-state index is 12.6. The fourth-order valence-corrected chi connectivity index (χ4v) is 3.44. The molecule has 0 aromatic carbocycles. The van der Waals surface area contributed by atoms with Gasteiger partial charge in [-0.2, -0.15) is 0 Å². The van der Waals surface area contributed by atoms with E-state index in [1.54, 1.807) is 0 Å². The molecule has 0 saturated carbocycles. The first kappa shape index (κ1) is 27.1. The molecular weight excluding hydrogens is 353 g/mol. The number of unbranched alkanes of at least 4 members (excludes halogenated alkanes) is 2. The topological polar surface area (TPSA) is 85.7 Å². The van der Waals surface area contributed by atoms with Gasteiger partial charge in [-0.25, -0.2) is 14.8 Å². The van der Waals surface area contributed by atoms with Crippen LogP contribution in [0, 0.1) is 29.8 Å². The van der Waals surface area contributed by atoms with E-state index in [4.69, 9.17) is 30.2 Å². The van der Waals surface area contributed by atoms with E-state index in [1.807, 2.05) is 6.11 Å². The lowest BCUT2D eigenvalue weighted by atomic mass is 10.0. The Balaban J connectivity index is 0. The second-order valence-corrected chi connectivity index (χ2v) is 7.78. The summed E-state index contributed by atoms with van der Waals surface area (Å²) in [6.07, 6.45) is 16.5. The number of terminal acetylenes is 1. The Kier molecular flexibility index (Phi) is 19.5. The highest BCUT2D eigenvalue weighted by Crippen LogP contribution is 2.50. The maximum atomic E-state index is 12.6. The predicted octanol–water partition coefficient (Wildman–Crippen LogP) is 6.07. The molecule has 0 aromatic heterocycles. The molecule has 1 N–H and O–H groups in total. The average Bonchev–Trinajstić information content (AvgIpc) is 2.63. The Morgan fingerprint density at radius 3 is 1.62 bits per heavy atom. The molecule has 0 aliphatic carbocycles. The van der Waals surface area contributed by atoms with E-state index in [1.165, 1.54) is 0 Å². The van der Waals surface area contributed by atoms with Crippen LogP contribution in [0.5, 0.6) is 0 Å². The molecule has 0 aromatic rings. The van der Waals surface area contributed by atoms with Crippen molar-refractivity contribution < 1.29 is 22.9 Å². The van der Waals surface area contributed by atoms with Gasteiger partial charge in [0.1, 0.15) is 6.11 Å². The highest BCUT2D eigenvalue weighted by Gasteiger charge is 2.30. The predicted molar refractivity (Wildman–Crippen MR) is 104 cm³/mol. The normalized spacial score (nSPS) is 14.7. The van der Waals surface area contributed by atoms with Crippen molar-refractivity contribution in [2.24, 2.45) is 11.8 Å². The van der Waals surface area contributed by atoms with E-state index in [0.29, 0.717) is 25.0 Å². The van der Waals surface area contributed by atoms with Crippen molar-refractivity contribution in [3.63, 3.8) is 0 Å². The van der Waals surface area contributed by atoms with Crippen LogP contribution in [-0.2, 0) is 22.9 Å². The van der Waals surface area contributed by atoms with Crippen molar-refractivity contribution in [2.75, 3.05) is 13.2 Å². The summed E-state index contributed by atoms with van der Waals surface area (Å²) in [4.78, 5) is 8.35. The van der Waals surface area contributed by atoms with Crippen molar-refractivity contribution in [3.05, 3.63) is 0 Å². The molecule has 0 amide bonds. The lowest BCUT2D eigenvalue weighted by molar-refractivity contribution is 0.109. The Hall–Kier alpha value is -1.11. The smallest absolute Gasteiger partial charge is 0.350 e. The molecule has 0 bridgehead atoms. The molecule has 0 saturated heterocycles. The minimum atomic E-state index is -3.65. The summed E-state index contributed by atoms with van der Waals surface area (Å²) < 4.78 is 28.4. The zero-order chi connectivity index (χ0) is 20.3. The van der Waals surface area contributed by atoms with E-state index in [2.05, 4.69) is 27.7 Å². The van der Waals surface area contributed by atoms with Gasteiger partial charge in [0.15, 0.2) is 0 Å². The molecule has 6 nitrogen and oxygen atoms in total. The van der Waals surface area contributed by atoms with Gasteiger partial charge in [-0.1, -0.05) is 72.6 Å². The summed E-state index contributed by atoms with van der Waals surface area (Å²) in [7, 11) is -3.65. The summed E-state index contributed by atoms with van der Waals surface area (Å²) in [6, 6.07) is 0. The van der Waals surface area contributed by atoms with Gasteiger partial charge in [-0.15, -0.1) is 0 Å². The lowest BCUT2D eigenvalue weighted by Crippen LogP contribution is -2.12. The van der Waals surface area contributed by atoms with E-state index >= 15 is 0 Å². The molecule has 0 rings (SSSR count). The van der Waals surface area contributed by atoms with Gasteiger partial charge < -0.3 is 4.52 Å². The monoisotopic (exact) mass is 389 g/mol. The number of hydrogen-bond donors (Lipinski definition) is 1. The standard InChI is InChI=1S/C18H35O4P.CHNO/c1-6-11-13-17(8-3)15-21-23(19,20-10-5)22-16-18(9-4)14-12-7-2;2-1-3/h5,17-18H,6-9,11-16H2,1-4H3;2H. The van der Waals surface area contributed by atoms with E-state index in [9.17, 15) is 4.57 Å². The number of hydrogen-bond acceptors (Lipinski definition) is 6. The third-order valence-electron chi connectivity index (χ3n) is 4.19. The molecule has 0 spiro atoms. The molecule has 152 valence electrons. The lowest BCUT2D eigenvalue weighted by Gasteiger charge is -2.21. The van der Waals surface area contributed by atoms with Gasteiger partial charge in [-0.05, 0) is 24.7 Å². The van der Waals surface area contributed by atoms with Crippen LogP contribution < -0.4 is 0 Å². The second kappa shape index (κ2) is 18.7. The zero-order valence-electron chi connectivity index (χ0n) is 16.8. The zero-order valence-corrected chi connectivity index (χ0v) is 17.7. The Morgan fingerprint density at radius 2 is 1.35 bits per heavy atom. The van der Waals surface area contributed by atoms with Crippen molar-refractivity contribution in [3.8, 4) is 12.5 Å². The fourth-order valence-electron chi connectivity index (χ4n) is 2.34. The largest absolute Gasteiger partial charge is 0.538 e. The summed E-state index contributed by atoms with van der Waals surface area (Å²) in [5, 5.41) is 5.40. The first-order valence-electron chi connectivity index (χ1n) is 9.53. The molecule has 2 unspecified atom stereocenters. The molecule has 0 aliphatic heterocycles. The van der Waals surface area contributed by atoms with Gasteiger partial charge in [0.05, 0.1) is 13.2 Å². The van der Waals surface area contributed by atoms with Crippen molar-refractivity contribution in [1.82, 2.24) is 0 Å². The van der Waals surface area contributed by atoms with Crippen LogP contribution in [0.4, 0.5) is 0 Å². The highest BCUT2D eigenvalue weighted by molar-refractivity contribution is 7.48. The molecule has 0 aliphatic rings. The molecule has 0 heterocycles. The van der Waals surface area contributed by atoms with Crippen LogP contribution in [0.25, 0.3) is 0 Å². The third-order valence-corrected chi connectivity index (χ3v) is 5.45. The van der Waals surface area contributed by atoms with Gasteiger partial charge >= 0.3 is 7.82 Å².